The van der Waals surface area contributed by atoms with E-state index in [0.717, 1.165) is 19.4 Å². The Balaban J connectivity index is 1.85. The molecular formula is C14H16ClNO5. The molecule has 1 heterocycles. The lowest BCUT2D eigenvalue weighted by atomic mass is 10.2. The van der Waals surface area contributed by atoms with Crippen LogP contribution in [0.2, 0.25) is 5.02 Å². The third-order valence-corrected chi connectivity index (χ3v) is 3.32. The zero-order chi connectivity index (χ0) is 15.2. The molecule has 0 radical (unpaired) electrons. The molecule has 0 aromatic heterocycles. The Morgan fingerprint density at radius 3 is 2.95 bits per heavy atom. The molecule has 0 aliphatic carbocycles. The smallest absolute Gasteiger partial charge is 0.339 e. The topological polar surface area (TPSA) is 84.9 Å². The first kappa shape index (κ1) is 15.6. The highest BCUT2D eigenvalue weighted by Crippen LogP contribution is 2.23. The van der Waals surface area contributed by atoms with Gasteiger partial charge in [0.25, 0.3) is 5.91 Å². The van der Waals surface area contributed by atoms with Crippen molar-refractivity contribution in [2.75, 3.05) is 19.8 Å². The van der Waals surface area contributed by atoms with Crippen LogP contribution in [0.1, 0.15) is 23.2 Å². The SMILES string of the molecule is O=C(COc1cc(Cl)ccc1C(=O)O)NCC1CCCO1. The zero-order valence-electron chi connectivity index (χ0n) is 11.3. The van der Waals surface area contributed by atoms with Crippen LogP contribution in [0.5, 0.6) is 5.75 Å². The van der Waals surface area contributed by atoms with Crippen molar-refractivity contribution in [1.29, 1.82) is 0 Å². The van der Waals surface area contributed by atoms with Crippen LogP contribution in [0.4, 0.5) is 0 Å². The third-order valence-electron chi connectivity index (χ3n) is 3.08. The van der Waals surface area contributed by atoms with Gasteiger partial charge in [0, 0.05) is 18.2 Å². The van der Waals surface area contributed by atoms with E-state index in [2.05, 4.69) is 5.32 Å². The van der Waals surface area contributed by atoms with Gasteiger partial charge in [0.2, 0.25) is 0 Å². The lowest BCUT2D eigenvalue weighted by Gasteiger charge is -2.12. The lowest BCUT2D eigenvalue weighted by molar-refractivity contribution is -0.123. The van der Waals surface area contributed by atoms with Crippen LogP contribution in [-0.4, -0.2) is 42.8 Å². The number of aromatic carboxylic acids is 1. The average molecular weight is 314 g/mol. The minimum Gasteiger partial charge on any atom is -0.483 e. The van der Waals surface area contributed by atoms with Crippen LogP contribution in [0.25, 0.3) is 0 Å². The number of hydrogen-bond acceptors (Lipinski definition) is 4. The summed E-state index contributed by atoms with van der Waals surface area (Å²) in [6.45, 7) is 0.887. The fourth-order valence-corrected chi connectivity index (χ4v) is 2.18. The molecule has 1 aromatic carbocycles. The van der Waals surface area contributed by atoms with Crippen molar-refractivity contribution in [3.8, 4) is 5.75 Å². The number of carbonyl (C=O) groups is 2. The van der Waals surface area contributed by atoms with Crippen molar-refractivity contribution in [1.82, 2.24) is 5.32 Å². The second-order valence-electron chi connectivity index (χ2n) is 4.67. The minimum atomic E-state index is -1.14. The summed E-state index contributed by atoms with van der Waals surface area (Å²) in [4.78, 5) is 22.7. The molecule has 1 amide bonds. The predicted octanol–water partition coefficient (Wildman–Crippen LogP) is 1.71. The zero-order valence-corrected chi connectivity index (χ0v) is 12.1. The van der Waals surface area contributed by atoms with Gasteiger partial charge in [-0.05, 0) is 31.0 Å². The van der Waals surface area contributed by atoms with E-state index in [4.69, 9.17) is 26.2 Å². The number of halogens is 1. The van der Waals surface area contributed by atoms with Gasteiger partial charge in [-0.3, -0.25) is 4.79 Å². The van der Waals surface area contributed by atoms with Gasteiger partial charge in [0.15, 0.2) is 6.61 Å². The van der Waals surface area contributed by atoms with Gasteiger partial charge in [-0.1, -0.05) is 11.6 Å². The Bertz CT molecular complexity index is 528. The maximum atomic E-state index is 11.7. The molecule has 1 aromatic rings. The lowest BCUT2D eigenvalue weighted by Crippen LogP contribution is -2.35. The number of rotatable bonds is 6. The number of ether oxygens (including phenoxy) is 2. The van der Waals surface area contributed by atoms with Crippen LogP contribution in [0.15, 0.2) is 18.2 Å². The van der Waals surface area contributed by atoms with Crippen molar-refractivity contribution in [2.24, 2.45) is 0 Å². The summed E-state index contributed by atoms with van der Waals surface area (Å²) in [7, 11) is 0. The quantitative estimate of drug-likeness (QED) is 0.835. The summed E-state index contributed by atoms with van der Waals surface area (Å²) < 4.78 is 10.6. The van der Waals surface area contributed by atoms with E-state index < -0.39 is 5.97 Å². The monoisotopic (exact) mass is 313 g/mol. The fourth-order valence-electron chi connectivity index (χ4n) is 2.02. The molecule has 1 aliphatic heterocycles. The van der Waals surface area contributed by atoms with Crippen LogP contribution >= 0.6 is 11.6 Å². The number of amides is 1. The van der Waals surface area contributed by atoms with Gasteiger partial charge in [-0.15, -0.1) is 0 Å². The van der Waals surface area contributed by atoms with Gasteiger partial charge < -0.3 is 19.9 Å². The molecule has 0 bridgehead atoms. The highest BCUT2D eigenvalue weighted by atomic mass is 35.5. The molecular weight excluding hydrogens is 298 g/mol. The molecule has 1 unspecified atom stereocenters. The number of hydrogen-bond donors (Lipinski definition) is 2. The number of benzene rings is 1. The van der Waals surface area contributed by atoms with E-state index in [-0.39, 0.29) is 29.9 Å². The maximum Gasteiger partial charge on any atom is 0.339 e. The van der Waals surface area contributed by atoms with E-state index in [1.165, 1.54) is 18.2 Å². The Morgan fingerprint density at radius 1 is 1.48 bits per heavy atom. The summed E-state index contributed by atoms with van der Waals surface area (Å²) in [6.07, 6.45) is 1.98. The van der Waals surface area contributed by atoms with Crippen LogP contribution in [0, 0.1) is 0 Å². The van der Waals surface area contributed by atoms with Gasteiger partial charge >= 0.3 is 5.97 Å². The van der Waals surface area contributed by atoms with Crippen molar-refractivity contribution in [3.05, 3.63) is 28.8 Å². The number of carbonyl (C=O) groups excluding carboxylic acids is 1. The summed E-state index contributed by atoms with van der Waals surface area (Å²) in [6, 6.07) is 4.16. The van der Waals surface area contributed by atoms with Crippen LogP contribution in [-0.2, 0) is 9.53 Å². The van der Waals surface area contributed by atoms with Gasteiger partial charge in [-0.2, -0.15) is 0 Å². The van der Waals surface area contributed by atoms with E-state index in [1.807, 2.05) is 0 Å². The number of nitrogens with one attached hydrogen (secondary N) is 1. The van der Waals surface area contributed by atoms with Crippen molar-refractivity contribution < 1.29 is 24.2 Å². The second-order valence-corrected chi connectivity index (χ2v) is 5.11. The van der Waals surface area contributed by atoms with Gasteiger partial charge in [0.1, 0.15) is 11.3 Å². The Kier molecular flexibility index (Phi) is 5.41. The molecule has 1 atom stereocenters. The molecule has 21 heavy (non-hydrogen) atoms. The standard InChI is InChI=1S/C14H16ClNO5/c15-9-3-4-11(14(18)19)12(6-9)21-8-13(17)16-7-10-2-1-5-20-10/h3-4,6,10H,1-2,5,7-8H2,(H,16,17)(H,18,19). The molecule has 0 spiro atoms. The molecule has 114 valence electrons. The van der Waals surface area contributed by atoms with Crippen molar-refractivity contribution in [3.63, 3.8) is 0 Å². The number of carboxylic acids is 1. The van der Waals surface area contributed by atoms with Gasteiger partial charge in [0.05, 0.1) is 6.10 Å². The summed E-state index contributed by atoms with van der Waals surface area (Å²) in [5.74, 6) is -1.40. The highest BCUT2D eigenvalue weighted by Gasteiger charge is 2.17. The molecule has 1 fully saturated rings. The summed E-state index contributed by atoms with van der Waals surface area (Å²) in [5, 5.41) is 12.1. The summed E-state index contributed by atoms with van der Waals surface area (Å²) >= 11 is 5.79. The minimum absolute atomic E-state index is 0.0358. The van der Waals surface area contributed by atoms with E-state index in [9.17, 15) is 9.59 Å². The molecule has 2 rings (SSSR count). The van der Waals surface area contributed by atoms with Gasteiger partial charge in [-0.25, -0.2) is 4.79 Å². The highest BCUT2D eigenvalue weighted by molar-refractivity contribution is 6.30. The van der Waals surface area contributed by atoms with Crippen LogP contribution < -0.4 is 10.1 Å². The molecule has 7 heteroatoms. The Morgan fingerprint density at radius 2 is 2.29 bits per heavy atom. The second kappa shape index (κ2) is 7.28. The first-order chi connectivity index (χ1) is 10.1. The molecule has 0 saturated carbocycles. The van der Waals surface area contributed by atoms with Crippen molar-refractivity contribution >= 4 is 23.5 Å². The summed E-state index contributed by atoms with van der Waals surface area (Å²) in [5.41, 5.74) is -0.0358. The molecule has 6 nitrogen and oxygen atoms in total. The largest absolute Gasteiger partial charge is 0.483 e. The fraction of sp³-hybridized carbons (Fsp3) is 0.429. The molecule has 1 aliphatic rings. The average Bonchev–Trinajstić information content (AvgIpc) is 2.96. The normalized spacial score (nSPS) is 17.5. The third kappa shape index (κ3) is 4.61. The van der Waals surface area contributed by atoms with E-state index in [0.29, 0.717) is 11.6 Å². The molecule has 1 saturated heterocycles. The van der Waals surface area contributed by atoms with Crippen molar-refractivity contribution in [2.45, 2.75) is 18.9 Å². The van der Waals surface area contributed by atoms with E-state index >= 15 is 0 Å². The first-order valence-electron chi connectivity index (χ1n) is 6.60. The first-order valence-corrected chi connectivity index (χ1v) is 6.98. The molecule has 2 N–H and O–H groups in total. The number of carboxylic acid groups (broad SMARTS) is 1. The van der Waals surface area contributed by atoms with Crippen LogP contribution in [0.3, 0.4) is 0 Å². The predicted molar refractivity (Wildman–Crippen MR) is 75.9 cm³/mol. The Hall–Kier alpha value is -1.79. The van der Waals surface area contributed by atoms with E-state index in [1.54, 1.807) is 0 Å². The maximum absolute atomic E-state index is 11.7. The Labute approximate surface area is 127 Å².